The van der Waals surface area contributed by atoms with Crippen LogP contribution in [0.2, 0.25) is 0 Å². The van der Waals surface area contributed by atoms with Crippen molar-refractivity contribution >= 4 is 27.3 Å². The van der Waals surface area contributed by atoms with Crippen LogP contribution in [-0.4, -0.2) is 27.3 Å². The highest BCUT2D eigenvalue weighted by Crippen LogP contribution is 2.40. The molecule has 1 aliphatic heterocycles. The second-order valence-electron chi connectivity index (χ2n) is 6.12. The maximum absolute atomic E-state index is 13.1. The molecule has 0 bridgehead atoms. The molecule has 0 saturated heterocycles. The molecular weight excluding hydrogens is 384 g/mol. The lowest BCUT2D eigenvalue weighted by molar-refractivity contribution is 0.480. The maximum Gasteiger partial charge on any atom is 0.307 e. The van der Waals surface area contributed by atoms with Crippen LogP contribution >= 0.6 is 11.6 Å². The zero-order chi connectivity index (χ0) is 19.5. The van der Waals surface area contributed by atoms with E-state index in [1.54, 1.807) is 43.3 Å². The van der Waals surface area contributed by atoms with Crippen LogP contribution in [0.1, 0.15) is 6.92 Å². The molecule has 7 heteroatoms. The minimum absolute atomic E-state index is 0.0445. The molecule has 1 aliphatic rings. The van der Waals surface area contributed by atoms with Gasteiger partial charge in [-0.1, -0.05) is 18.2 Å². The number of nitrogens with zero attached hydrogens (tertiary/aromatic N) is 1. The van der Waals surface area contributed by atoms with Crippen LogP contribution in [0.4, 0.5) is 5.69 Å². The third-order valence-electron chi connectivity index (χ3n) is 4.56. The van der Waals surface area contributed by atoms with Gasteiger partial charge in [0.05, 0.1) is 5.75 Å². The van der Waals surface area contributed by atoms with Crippen molar-refractivity contribution in [1.82, 2.24) is 3.89 Å². The Hall–Kier alpha value is -2.12. The first-order valence-electron chi connectivity index (χ1n) is 8.65. The van der Waals surface area contributed by atoms with Gasteiger partial charge in [-0.2, -0.15) is 8.42 Å². The molecule has 0 amide bonds. The second-order valence-corrected chi connectivity index (χ2v) is 8.85. The fourth-order valence-corrected chi connectivity index (χ4v) is 5.27. The van der Waals surface area contributed by atoms with Crippen LogP contribution in [0, 0.1) is 0 Å². The summed E-state index contributed by atoms with van der Waals surface area (Å²) >= 11 is 6.58. The lowest BCUT2D eigenvalue weighted by atomic mass is 10.2. The third kappa shape index (κ3) is 3.53. The van der Waals surface area contributed by atoms with Crippen molar-refractivity contribution < 1.29 is 13.2 Å². The molecule has 0 saturated carbocycles. The van der Waals surface area contributed by atoms with Gasteiger partial charge in [0, 0.05) is 24.3 Å². The van der Waals surface area contributed by atoms with E-state index in [1.165, 1.54) is 0 Å². The predicted octanol–water partition coefficient (Wildman–Crippen LogP) is 4.11. The molecule has 2 aromatic rings. The Morgan fingerprint density at radius 3 is 2.30 bits per heavy atom. The van der Waals surface area contributed by atoms with Crippen molar-refractivity contribution in [2.75, 3.05) is 18.8 Å². The number of sulfonamides is 1. The summed E-state index contributed by atoms with van der Waals surface area (Å²) in [6, 6.07) is 16.4. The zero-order valence-corrected chi connectivity index (χ0v) is 16.6. The van der Waals surface area contributed by atoms with E-state index in [0.717, 1.165) is 0 Å². The number of benzene rings is 2. The van der Waals surface area contributed by atoms with E-state index in [1.807, 2.05) is 30.3 Å². The lowest BCUT2D eigenvalue weighted by Gasteiger charge is -2.36. The first-order chi connectivity index (χ1) is 12.9. The van der Waals surface area contributed by atoms with E-state index in [9.17, 15) is 8.42 Å². The van der Waals surface area contributed by atoms with E-state index in [4.69, 9.17) is 22.1 Å². The molecule has 27 heavy (non-hydrogen) atoms. The number of para-hydroxylation sites is 1. The van der Waals surface area contributed by atoms with Crippen LogP contribution in [0.3, 0.4) is 0 Å². The first kappa shape index (κ1) is 19.6. The number of halogens is 1. The smallest absolute Gasteiger partial charge is 0.307 e. The van der Waals surface area contributed by atoms with E-state index in [2.05, 4.69) is 0 Å². The Bertz CT molecular complexity index is 970. The normalized spacial score (nSPS) is 20.0. The molecule has 0 fully saturated rings. The van der Waals surface area contributed by atoms with Gasteiger partial charge in [-0.15, -0.1) is 3.89 Å². The highest BCUT2D eigenvalue weighted by atomic mass is 35.5. The topological polar surface area (TPSA) is 69.4 Å². The van der Waals surface area contributed by atoms with Crippen molar-refractivity contribution in [2.45, 2.75) is 6.92 Å². The molecule has 0 aliphatic carbocycles. The Kier molecular flexibility index (Phi) is 5.72. The summed E-state index contributed by atoms with van der Waals surface area (Å²) in [5.41, 5.74) is 6.94. The highest BCUT2D eigenvalue weighted by Gasteiger charge is 2.48. The number of ether oxygens (including phenoxy) is 1. The standard InChI is InChI=1S/C20H22ClN2O3S/c1-2-27(24,25)23(14-6-7-16(15-22)20(23)21)17-10-12-19(13-11-17)26-18-8-4-3-5-9-18/h3-13H,2,14-15,22H2,1H3/q+1. The van der Waals surface area contributed by atoms with Crippen molar-refractivity contribution in [3.05, 3.63) is 77.5 Å². The summed E-state index contributed by atoms with van der Waals surface area (Å²) in [5.74, 6) is 1.28. The Labute approximate surface area is 165 Å². The average molecular weight is 406 g/mol. The first-order valence-corrected chi connectivity index (χ1v) is 10.6. The van der Waals surface area contributed by atoms with Crippen molar-refractivity contribution in [3.8, 4) is 11.5 Å². The van der Waals surface area contributed by atoms with Gasteiger partial charge in [-0.05, 0) is 54.9 Å². The molecule has 1 heterocycles. The SMILES string of the molecule is CCS(=O)(=O)[N+]1(c2ccc(Oc3ccccc3)cc2)CC=CC(CN)=C1Cl. The second kappa shape index (κ2) is 7.86. The van der Waals surface area contributed by atoms with E-state index >= 15 is 0 Å². The lowest BCUT2D eigenvalue weighted by Crippen LogP contribution is -2.54. The molecule has 2 N–H and O–H groups in total. The average Bonchev–Trinajstić information content (AvgIpc) is 2.69. The largest absolute Gasteiger partial charge is 0.457 e. The quantitative estimate of drug-likeness (QED) is 0.579. The molecule has 1 atom stereocenters. The van der Waals surface area contributed by atoms with Gasteiger partial charge in [0.1, 0.15) is 18.0 Å². The summed E-state index contributed by atoms with van der Waals surface area (Å²) in [7, 11) is -3.60. The van der Waals surface area contributed by atoms with Gasteiger partial charge in [-0.25, -0.2) is 0 Å². The third-order valence-corrected chi connectivity index (χ3v) is 7.41. The van der Waals surface area contributed by atoms with Crippen LogP contribution in [0.5, 0.6) is 11.5 Å². The number of nitrogens with two attached hydrogens (primary N) is 1. The van der Waals surface area contributed by atoms with Crippen LogP contribution in [0.15, 0.2) is 77.5 Å². The monoisotopic (exact) mass is 405 g/mol. The molecule has 0 aromatic heterocycles. The summed E-state index contributed by atoms with van der Waals surface area (Å²) in [6.45, 7) is 2.01. The van der Waals surface area contributed by atoms with E-state index in [0.29, 0.717) is 22.8 Å². The zero-order valence-electron chi connectivity index (χ0n) is 15.0. The molecule has 0 radical (unpaired) electrons. The summed E-state index contributed by atoms with van der Waals surface area (Å²) in [5, 5.41) is 0.221. The van der Waals surface area contributed by atoms with Crippen LogP contribution in [0.25, 0.3) is 0 Å². The number of quaternary nitrogens is 1. The molecule has 1 unspecified atom stereocenters. The van der Waals surface area contributed by atoms with Gasteiger partial charge in [-0.3, -0.25) is 0 Å². The van der Waals surface area contributed by atoms with Crippen molar-refractivity contribution in [1.29, 1.82) is 0 Å². The summed E-state index contributed by atoms with van der Waals surface area (Å²) in [6.07, 6.45) is 3.59. The molecule has 5 nitrogen and oxygen atoms in total. The molecule has 142 valence electrons. The predicted molar refractivity (Wildman–Crippen MR) is 110 cm³/mol. The minimum Gasteiger partial charge on any atom is -0.457 e. The molecule has 3 rings (SSSR count). The summed E-state index contributed by atoms with van der Waals surface area (Å²) in [4.78, 5) is 0. The highest BCUT2D eigenvalue weighted by molar-refractivity contribution is 7.91. The fraction of sp³-hybridized carbons (Fsp3) is 0.200. The Balaban J connectivity index is 2.05. The number of hydrogen-bond donors (Lipinski definition) is 1. The molecule has 2 aromatic carbocycles. The Morgan fingerprint density at radius 1 is 1.07 bits per heavy atom. The van der Waals surface area contributed by atoms with E-state index < -0.39 is 13.9 Å². The fourth-order valence-electron chi connectivity index (χ4n) is 3.09. The minimum atomic E-state index is -3.60. The summed E-state index contributed by atoms with van der Waals surface area (Å²) < 4.78 is 31.5. The molecule has 0 spiro atoms. The number of rotatable bonds is 6. The van der Waals surface area contributed by atoms with Gasteiger partial charge in [0.25, 0.3) is 0 Å². The van der Waals surface area contributed by atoms with Gasteiger partial charge >= 0.3 is 10.0 Å². The molecular formula is C20H22ClN2O3S+. The van der Waals surface area contributed by atoms with Gasteiger partial charge < -0.3 is 10.5 Å². The number of hydrogen-bond acceptors (Lipinski definition) is 4. The maximum atomic E-state index is 13.1. The van der Waals surface area contributed by atoms with Crippen molar-refractivity contribution in [2.24, 2.45) is 5.73 Å². The van der Waals surface area contributed by atoms with Gasteiger partial charge in [0.2, 0.25) is 5.16 Å². The Morgan fingerprint density at radius 2 is 1.70 bits per heavy atom. The van der Waals surface area contributed by atoms with Crippen LogP contribution < -0.4 is 14.4 Å². The van der Waals surface area contributed by atoms with Crippen LogP contribution in [-0.2, 0) is 10.0 Å². The van der Waals surface area contributed by atoms with Gasteiger partial charge in [0.15, 0.2) is 5.69 Å². The van der Waals surface area contributed by atoms with Crippen molar-refractivity contribution in [3.63, 3.8) is 0 Å². The van der Waals surface area contributed by atoms with E-state index in [-0.39, 0.29) is 24.0 Å².